The molecule has 2 rings (SSSR count). The molecule has 0 saturated carbocycles. The van der Waals surface area contributed by atoms with E-state index in [4.69, 9.17) is 4.74 Å². The van der Waals surface area contributed by atoms with Crippen LogP contribution in [0.1, 0.15) is 17.5 Å². The molecule has 0 aliphatic rings. The maximum Gasteiger partial charge on any atom is 0.118 e. The molecule has 2 heteroatoms. The van der Waals surface area contributed by atoms with E-state index >= 15 is 0 Å². The first-order chi connectivity index (χ1) is 9.69. The van der Waals surface area contributed by atoms with Crippen LogP contribution in [0.15, 0.2) is 48.5 Å². The number of aryl methyl sites for hydroxylation is 2. The van der Waals surface area contributed by atoms with Gasteiger partial charge in [0.1, 0.15) is 5.75 Å². The number of hydrogen-bond donors (Lipinski definition) is 0. The van der Waals surface area contributed by atoms with Crippen molar-refractivity contribution in [3.63, 3.8) is 0 Å². The third-order valence-electron chi connectivity index (χ3n) is 3.72. The highest BCUT2D eigenvalue weighted by molar-refractivity contribution is 6.71. The molecule has 0 aliphatic carbocycles. The quantitative estimate of drug-likeness (QED) is 0.729. The molecule has 0 heterocycles. The Morgan fingerprint density at radius 2 is 1.60 bits per heavy atom. The van der Waals surface area contributed by atoms with Gasteiger partial charge in [0.05, 0.1) is 15.9 Å². The monoisotopic (exact) mass is 283 g/mol. The second-order valence-electron chi connectivity index (χ2n) is 5.35. The zero-order valence-electron chi connectivity index (χ0n) is 12.6. The van der Waals surface area contributed by atoms with Crippen LogP contribution in [-0.2, 0) is 6.42 Å². The maximum absolute atomic E-state index is 5.21. The van der Waals surface area contributed by atoms with Gasteiger partial charge in [-0.3, -0.25) is 0 Å². The van der Waals surface area contributed by atoms with E-state index in [2.05, 4.69) is 62.0 Å². The van der Waals surface area contributed by atoms with E-state index in [0.717, 1.165) is 5.75 Å². The van der Waals surface area contributed by atoms with Crippen LogP contribution in [0.5, 0.6) is 5.75 Å². The molecule has 2 aromatic rings. The molecule has 0 bridgehead atoms. The molecule has 1 radical (unpaired) electrons. The molecule has 0 aliphatic heterocycles. The predicted octanol–water partition coefficient (Wildman–Crippen LogP) is 3.97. The van der Waals surface area contributed by atoms with Crippen molar-refractivity contribution >= 4 is 14.0 Å². The van der Waals surface area contributed by atoms with Gasteiger partial charge >= 0.3 is 0 Å². The van der Waals surface area contributed by atoms with Crippen LogP contribution in [0.3, 0.4) is 0 Å². The van der Waals surface area contributed by atoms with Crippen molar-refractivity contribution in [3.8, 4) is 5.75 Å². The van der Waals surface area contributed by atoms with Crippen LogP contribution < -0.4 is 9.92 Å². The Morgan fingerprint density at radius 1 is 0.950 bits per heavy atom. The molecule has 0 unspecified atom stereocenters. The first kappa shape index (κ1) is 14.9. The molecule has 0 N–H and O–H groups in total. The van der Waals surface area contributed by atoms with Gasteiger partial charge in [-0.1, -0.05) is 66.2 Å². The molecule has 0 spiro atoms. The van der Waals surface area contributed by atoms with Crippen LogP contribution in [0.4, 0.5) is 0 Å². The Hall–Kier alpha value is -1.54. The molecule has 0 amide bonds. The Kier molecular flexibility index (Phi) is 5.42. The molecular weight excluding hydrogens is 260 g/mol. The van der Waals surface area contributed by atoms with E-state index in [1.54, 1.807) is 7.11 Å². The lowest BCUT2D eigenvalue weighted by Crippen LogP contribution is -2.25. The smallest absolute Gasteiger partial charge is 0.118 e. The summed E-state index contributed by atoms with van der Waals surface area (Å²) in [5, 5.41) is 1.50. The minimum atomic E-state index is -0.425. The molecule has 0 saturated heterocycles. The van der Waals surface area contributed by atoms with Gasteiger partial charge in [-0.05, 0) is 31.0 Å². The summed E-state index contributed by atoms with van der Waals surface area (Å²) in [5.74, 6) is 0.947. The zero-order chi connectivity index (χ0) is 14.4. The lowest BCUT2D eigenvalue weighted by Gasteiger charge is -2.10. The summed E-state index contributed by atoms with van der Waals surface area (Å²) in [6.45, 7) is 4.54. The summed E-state index contributed by atoms with van der Waals surface area (Å²) in [7, 11) is 1.29. The first-order valence-electron chi connectivity index (χ1n) is 7.21. The third kappa shape index (κ3) is 4.24. The number of benzene rings is 2. The highest BCUT2D eigenvalue weighted by Crippen LogP contribution is 2.11. The van der Waals surface area contributed by atoms with Crippen molar-refractivity contribution in [2.75, 3.05) is 7.11 Å². The summed E-state index contributed by atoms with van der Waals surface area (Å²) in [4.78, 5) is 0. The lowest BCUT2D eigenvalue weighted by atomic mass is 10.1. The fraction of sp³-hybridized carbons (Fsp3) is 0.333. The summed E-state index contributed by atoms with van der Waals surface area (Å²) in [6, 6.07) is 18.8. The zero-order valence-corrected chi connectivity index (χ0v) is 13.6. The molecule has 0 aromatic heterocycles. The largest absolute Gasteiger partial charge is 0.497 e. The Bertz CT molecular complexity index is 516. The van der Waals surface area contributed by atoms with Gasteiger partial charge in [0, 0.05) is 0 Å². The van der Waals surface area contributed by atoms with Gasteiger partial charge < -0.3 is 4.74 Å². The minimum absolute atomic E-state index is 0.425. The van der Waals surface area contributed by atoms with Crippen LogP contribution >= 0.6 is 0 Å². The third-order valence-corrected chi connectivity index (χ3v) is 6.14. The summed E-state index contributed by atoms with van der Waals surface area (Å²) >= 11 is 0. The molecular formula is C18H23OSi. The van der Waals surface area contributed by atoms with E-state index < -0.39 is 8.80 Å². The fourth-order valence-corrected chi connectivity index (χ4v) is 4.06. The van der Waals surface area contributed by atoms with Crippen molar-refractivity contribution in [1.29, 1.82) is 0 Å². The van der Waals surface area contributed by atoms with Crippen molar-refractivity contribution in [1.82, 2.24) is 0 Å². The number of methoxy groups -OCH3 is 1. The van der Waals surface area contributed by atoms with Crippen molar-refractivity contribution in [3.05, 3.63) is 59.7 Å². The highest BCUT2D eigenvalue weighted by Gasteiger charge is 2.07. The average Bonchev–Trinajstić information content (AvgIpc) is 2.49. The minimum Gasteiger partial charge on any atom is -0.497 e. The first-order valence-corrected chi connectivity index (χ1v) is 9.42. The SMILES string of the molecule is COc1ccc([Si](C)CCCc2ccc(C)cc2)cc1. The Labute approximate surface area is 124 Å². The second-order valence-corrected chi connectivity index (χ2v) is 7.99. The summed E-state index contributed by atoms with van der Waals surface area (Å²) < 4.78 is 5.21. The van der Waals surface area contributed by atoms with Crippen LogP contribution in [0.25, 0.3) is 0 Å². The molecule has 0 atom stereocenters. The fourth-order valence-electron chi connectivity index (χ4n) is 2.33. The molecule has 1 nitrogen and oxygen atoms in total. The van der Waals surface area contributed by atoms with Gasteiger partial charge in [-0.15, -0.1) is 0 Å². The second kappa shape index (κ2) is 7.30. The summed E-state index contributed by atoms with van der Waals surface area (Å²) in [5.41, 5.74) is 2.80. The van der Waals surface area contributed by atoms with E-state index in [0.29, 0.717) is 0 Å². The maximum atomic E-state index is 5.21. The van der Waals surface area contributed by atoms with Crippen LogP contribution in [0, 0.1) is 6.92 Å². The lowest BCUT2D eigenvalue weighted by molar-refractivity contribution is 0.415. The molecule has 0 fully saturated rings. The summed E-state index contributed by atoms with van der Waals surface area (Å²) in [6.07, 6.45) is 2.47. The number of hydrogen-bond acceptors (Lipinski definition) is 1. The van der Waals surface area contributed by atoms with E-state index in [9.17, 15) is 0 Å². The van der Waals surface area contributed by atoms with Crippen LogP contribution in [0.2, 0.25) is 12.6 Å². The van der Waals surface area contributed by atoms with Gasteiger partial charge in [0.15, 0.2) is 0 Å². The number of ether oxygens (including phenoxy) is 1. The molecule has 105 valence electrons. The topological polar surface area (TPSA) is 9.23 Å². The Balaban J connectivity index is 1.82. The van der Waals surface area contributed by atoms with E-state index in [1.165, 1.54) is 35.2 Å². The van der Waals surface area contributed by atoms with Crippen molar-refractivity contribution < 1.29 is 4.74 Å². The van der Waals surface area contributed by atoms with E-state index in [1.807, 2.05) is 0 Å². The van der Waals surface area contributed by atoms with Gasteiger partial charge in [0.25, 0.3) is 0 Å². The van der Waals surface area contributed by atoms with Gasteiger partial charge in [-0.2, -0.15) is 0 Å². The molecule has 2 aromatic carbocycles. The van der Waals surface area contributed by atoms with Crippen molar-refractivity contribution in [2.24, 2.45) is 0 Å². The van der Waals surface area contributed by atoms with E-state index in [-0.39, 0.29) is 0 Å². The van der Waals surface area contributed by atoms with Crippen molar-refractivity contribution in [2.45, 2.75) is 32.4 Å². The van der Waals surface area contributed by atoms with Gasteiger partial charge in [0.2, 0.25) is 0 Å². The van der Waals surface area contributed by atoms with Gasteiger partial charge in [-0.25, -0.2) is 0 Å². The standard InChI is InChI=1S/C18H23OSi/c1-15-6-8-16(9-7-15)5-4-14-20(3)18-12-10-17(19-2)11-13-18/h6-13H,4-5,14H2,1-3H3. The molecule has 20 heavy (non-hydrogen) atoms. The average molecular weight is 283 g/mol. The predicted molar refractivity (Wildman–Crippen MR) is 88.6 cm³/mol. The normalized spacial score (nSPS) is 10.8. The van der Waals surface area contributed by atoms with Crippen LogP contribution in [-0.4, -0.2) is 15.9 Å². The number of rotatable bonds is 6. The Morgan fingerprint density at radius 3 is 2.20 bits per heavy atom. The highest BCUT2D eigenvalue weighted by atomic mass is 28.3.